The molecule has 1 rings (SSSR count). The van der Waals surface area contributed by atoms with Gasteiger partial charge in [0.2, 0.25) is 0 Å². The third-order valence-corrected chi connectivity index (χ3v) is 3.16. The molecule has 0 aliphatic heterocycles. The number of carbonyl (C=O) groups is 1. The van der Waals surface area contributed by atoms with Crippen LogP contribution in [0.25, 0.3) is 0 Å². The van der Waals surface area contributed by atoms with E-state index in [1.54, 1.807) is 4.90 Å². The summed E-state index contributed by atoms with van der Waals surface area (Å²) in [7, 11) is 1.84. The Balaban J connectivity index is 2.41. The number of carbonyl (C=O) groups excluding carboxylic acids is 1. The van der Waals surface area contributed by atoms with E-state index in [2.05, 4.69) is 11.4 Å². The minimum absolute atomic E-state index is 0.00425. The molecule has 0 heterocycles. The molecule has 4 nitrogen and oxygen atoms in total. The van der Waals surface area contributed by atoms with Gasteiger partial charge in [0, 0.05) is 25.0 Å². The molecule has 90 valence electrons. The summed E-state index contributed by atoms with van der Waals surface area (Å²) < 4.78 is 0. The summed E-state index contributed by atoms with van der Waals surface area (Å²) in [4.78, 5) is 13.5. The minimum atomic E-state index is -0.00425. The van der Waals surface area contributed by atoms with Crippen molar-refractivity contribution in [1.29, 1.82) is 5.26 Å². The van der Waals surface area contributed by atoms with Crippen molar-refractivity contribution in [2.45, 2.75) is 51.6 Å². The first-order valence-electron chi connectivity index (χ1n) is 5.97. The molecular weight excluding hydrogens is 202 g/mol. The molecule has 1 fully saturated rings. The highest BCUT2D eigenvalue weighted by Gasteiger charge is 2.26. The van der Waals surface area contributed by atoms with E-state index < -0.39 is 0 Å². The lowest BCUT2D eigenvalue weighted by Crippen LogP contribution is -2.46. The number of rotatable bonds is 2. The number of nitrogens with one attached hydrogen (secondary N) is 1. The van der Waals surface area contributed by atoms with E-state index >= 15 is 0 Å². The molecule has 0 bridgehead atoms. The lowest BCUT2D eigenvalue weighted by atomic mass is 9.86. The summed E-state index contributed by atoms with van der Waals surface area (Å²) in [5.74, 6) is 0.192. The summed E-state index contributed by atoms with van der Waals surface area (Å²) in [6.07, 6.45) is 3.72. The van der Waals surface area contributed by atoms with Crippen LogP contribution in [0, 0.1) is 17.2 Å². The third-order valence-electron chi connectivity index (χ3n) is 3.16. The average molecular weight is 223 g/mol. The van der Waals surface area contributed by atoms with Gasteiger partial charge in [-0.1, -0.05) is 0 Å². The molecule has 1 aliphatic rings. The second-order valence-corrected chi connectivity index (χ2v) is 4.85. The maximum absolute atomic E-state index is 11.8. The molecule has 1 N–H and O–H groups in total. The topological polar surface area (TPSA) is 56.1 Å². The van der Waals surface area contributed by atoms with Gasteiger partial charge < -0.3 is 10.2 Å². The number of urea groups is 1. The van der Waals surface area contributed by atoms with Crippen molar-refractivity contribution in [2.24, 2.45) is 5.92 Å². The molecule has 0 saturated heterocycles. The monoisotopic (exact) mass is 223 g/mol. The average Bonchev–Trinajstić information content (AvgIpc) is 2.27. The Kier molecular flexibility index (Phi) is 4.60. The van der Waals surface area contributed by atoms with Gasteiger partial charge in [0.15, 0.2) is 0 Å². The Morgan fingerprint density at radius 1 is 1.38 bits per heavy atom. The maximum Gasteiger partial charge on any atom is 0.317 e. The first-order valence-corrected chi connectivity index (χ1v) is 5.97. The second-order valence-electron chi connectivity index (χ2n) is 4.85. The summed E-state index contributed by atoms with van der Waals surface area (Å²) in [6, 6.07) is 2.77. The molecule has 16 heavy (non-hydrogen) atoms. The number of hydrogen-bond acceptors (Lipinski definition) is 2. The van der Waals surface area contributed by atoms with E-state index in [-0.39, 0.29) is 18.0 Å². The van der Waals surface area contributed by atoms with Crippen LogP contribution >= 0.6 is 0 Å². The van der Waals surface area contributed by atoms with E-state index in [9.17, 15) is 4.79 Å². The molecule has 4 heteroatoms. The Morgan fingerprint density at radius 3 is 2.38 bits per heavy atom. The van der Waals surface area contributed by atoms with Gasteiger partial charge in [0.25, 0.3) is 0 Å². The predicted molar refractivity (Wildman–Crippen MR) is 62.8 cm³/mol. The smallest absolute Gasteiger partial charge is 0.317 e. The SMILES string of the molecule is CC(C)NC(=O)N(C)C1CCC(C#N)CC1. The van der Waals surface area contributed by atoms with Crippen LogP contribution < -0.4 is 5.32 Å². The van der Waals surface area contributed by atoms with Crippen molar-refractivity contribution < 1.29 is 4.79 Å². The minimum Gasteiger partial charge on any atom is -0.336 e. The molecule has 0 spiro atoms. The van der Waals surface area contributed by atoms with E-state index in [1.165, 1.54) is 0 Å². The molecule has 0 radical (unpaired) electrons. The summed E-state index contributed by atoms with van der Waals surface area (Å²) >= 11 is 0. The Bertz CT molecular complexity index is 274. The van der Waals surface area contributed by atoms with Crippen LogP contribution in [0.2, 0.25) is 0 Å². The first kappa shape index (κ1) is 12.8. The Labute approximate surface area is 97.6 Å². The maximum atomic E-state index is 11.8. The van der Waals surface area contributed by atoms with Gasteiger partial charge in [0.1, 0.15) is 0 Å². The largest absolute Gasteiger partial charge is 0.336 e. The van der Waals surface area contributed by atoms with Crippen molar-refractivity contribution in [3.8, 4) is 6.07 Å². The van der Waals surface area contributed by atoms with E-state index in [4.69, 9.17) is 5.26 Å². The van der Waals surface area contributed by atoms with Crippen LogP contribution in [0.5, 0.6) is 0 Å². The lowest BCUT2D eigenvalue weighted by molar-refractivity contribution is 0.166. The highest BCUT2D eigenvalue weighted by molar-refractivity contribution is 5.74. The normalized spacial score (nSPS) is 24.9. The third kappa shape index (κ3) is 3.41. The molecular formula is C12H21N3O. The number of nitriles is 1. The van der Waals surface area contributed by atoms with E-state index in [0.717, 1.165) is 25.7 Å². The van der Waals surface area contributed by atoms with Crippen molar-refractivity contribution in [2.75, 3.05) is 7.05 Å². The van der Waals surface area contributed by atoms with Crippen molar-refractivity contribution in [3.63, 3.8) is 0 Å². The Hall–Kier alpha value is -1.24. The van der Waals surface area contributed by atoms with Crippen LogP contribution in [0.15, 0.2) is 0 Å². The summed E-state index contributed by atoms with van der Waals surface area (Å²) in [6.45, 7) is 3.91. The van der Waals surface area contributed by atoms with Gasteiger partial charge >= 0.3 is 6.03 Å². The molecule has 1 aliphatic carbocycles. The predicted octanol–water partition coefficient (Wildman–Crippen LogP) is 2.12. The van der Waals surface area contributed by atoms with E-state index in [1.807, 2.05) is 20.9 Å². The molecule has 0 unspecified atom stereocenters. The zero-order valence-electron chi connectivity index (χ0n) is 10.4. The molecule has 1 saturated carbocycles. The van der Waals surface area contributed by atoms with E-state index in [0.29, 0.717) is 6.04 Å². The summed E-state index contributed by atoms with van der Waals surface area (Å²) in [5, 5.41) is 11.7. The second kappa shape index (κ2) is 5.74. The quantitative estimate of drug-likeness (QED) is 0.779. The fourth-order valence-electron chi connectivity index (χ4n) is 2.11. The lowest BCUT2D eigenvalue weighted by Gasteiger charge is -2.33. The van der Waals surface area contributed by atoms with Crippen LogP contribution in [0.4, 0.5) is 4.79 Å². The molecule has 0 aromatic carbocycles. The van der Waals surface area contributed by atoms with Crippen molar-refractivity contribution in [1.82, 2.24) is 10.2 Å². The molecule has 0 atom stereocenters. The fourth-order valence-corrected chi connectivity index (χ4v) is 2.11. The highest BCUT2D eigenvalue weighted by atomic mass is 16.2. The van der Waals surface area contributed by atoms with Crippen LogP contribution in [0.1, 0.15) is 39.5 Å². The van der Waals surface area contributed by atoms with Gasteiger partial charge in [-0.25, -0.2) is 4.79 Å². The van der Waals surface area contributed by atoms with Gasteiger partial charge in [-0.15, -0.1) is 0 Å². The zero-order valence-corrected chi connectivity index (χ0v) is 10.4. The summed E-state index contributed by atoms with van der Waals surface area (Å²) in [5.41, 5.74) is 0. The zero-order chi connectivity index (χ0) is 12.1. The van der Waals surface area contributed by atoms with Crippen LogP contribution in [-0.2, 0) is 0 Å². The van der Waals surface area contributed by atoms with Gasteiger partial charge in [-0.2, -0.15) is 5.26 Å². The van der Waals surface area contributed by atoms with Crippen LogP contribution in [-0.4, -0.2) is 30.1 Å². The number of hydrogen-bond donors (Lipinski definition) is 1. The highest BCUT2D eigenvalue weighted by Crippen LogP contribution is 2.26. The standard InChI is InChI=1S/C12H21N3O/c1-9(2)14-12(16)15(3)11-6-4-10(8-13)5-7-11/h9-11H,4-7H2,1-3H3,(H,14,16). The molecule has 0 aromatic heterocycles. The van der Waals surface area contributed by atoms with Gasteiger partial charge in [0.05, 0.1) is 6.07 Å². The fraction of sp³-hybridized carbons (Fsp3) is 0.833. The van der Waals surface area contributed by atoms with Gasteiger partial charge in [-0.3, -0.25) is 0 Å². The molecule has 2 amide bonds. The Morgan fingerprint density at radius 2 is 1.94 bits per heavy atom. The van der Waals surface area contributed by atoms with Crippen molar-refractivity contribution >= 4 is 6.03 Å². The van der Waals surface area contributed by atoms with Gasteiger partial charge in [-0.05, 0) is 39.5 Å². The van der Waals surface area contributed by atoms with Crippen molar-refractivity contribution in [3.05, 3.63) is 0 Å². The number of nitrogens with zero attached hydrogens (tertiary/aromatic N) is 2. The first-order chi connectivity index (χ1) is 7.54. The molecule has 0 aromatic rings. The number of amides is 2. The van der Waals surface area contributed by atoms with Crippen LogP contribution in [0.3, 0.4) is 0 Å².